The molecule has 0 fully saturated rings. The molecule has 6 nitrogen and oxygen atoms in total. The van der Waals surface area contributed by atoms with Gasteiger partial charge in [-0.15, -0.1) is 0 Å². The number of hydrogen-bond donors (Lipinski definition) is 1. The first-order valence-corrected chi connectivity index (χ1v) is 9.09. The Morgan fingerprint density at radius 1 is 1.14 bits per heavy atom. The highest BCUT2D eigenvalue weighted by molar-refractivity contribution is 6.35. The molecule has 28 heavy (non-hydrogen) atoms. The van der Waals surface area contributed by atoms with Crippen molar-refractivity contribution in [2.75, 3.05) is 19.0 Å². The summed E-state index contributed by atoms with van der Waals surface area (Å²) in [6.07, 6.45) is 1.65. The third-order valence-electron chi connectivity index (χ3n) is 4.27. The van der Waals surface area contributed by atoms with Crippen molar-refractivity contribution in [2.45, 2.75) is 13.5 Å². The number of amides is 2. The quantitative estimate of drug-likeness (QED) is 0.685. The number of nitrogens with zero attached hydrogens (tertiary/aromatic N) is 2. The zero-order chi connectivity index (χ0) is 20.1. The van der Waals surface area contributed by atoms with E-state index in [0.29, 0.717) is 28.5 Å². The summed E-state index contributed by atoms with van der Waals surface area (Å²) in [5.41, 5.74) is 2.08. The van der Waals surface area contributed by atoms with Gasteiger partial charge >= 0.3 is 0 Å². The number of para-hydroxylation sites is 1. The Morgan fingerprint density at radius 2 is 1.93 bits per heavy atom. The van der Waals surface area contributed by atoms with Gasteiger partial charge in [0, 0.05) is 37.8 Å². The molecule has 144 valence electrons. The van der Waals surface area contributed by atoms with Gasteiger partial charge in [-0.1, -0.05) is 29.8 Å². The van der Waals surface area contributed by atoms with E-state index in [2.05, 4.69) is 10.3 Å². The molecule has 1 aromatic heterocycles. The van der Waals surface area contributed by atoms with Gasteiger partial charge in [0.05, 0.1) is 5.02 Å². The summed E-state index contributed by atoms with van der Waals surface area (Å²) in [7, 11) is 1.71. The Balaban J connectivity index is 1.69. The first-order chi connectivity index (χ1) is 13.5. The molecule has 0 radical (unpaired) electrons. The van der Waals surface area contributed by atoms with Crippen molar-refractivity contribution in [3.05, 3.63) is 65.3 Å². The Hall–Kier alpha value is -3.12. The summed E-state index contributed by atoms with van der Waals surface area (Å²) in [6, 6.07) is 14.4. The van der Waals surface area contributed by atoms with Crippen LogP contribution in [0.3, 0.4) is 0 Å². The second-order valence-electron chi connectivity index (χ2n) is 6.31. The zero-order valence-corrected chi connectivity index (χ0v) is 16.4. The summed E-state index contributed by atoms with van der Waals surface area (Å²) < 4.78 is 5.67. The average molecular weight is 398 g/mol. The molecule has 2 amide bonds. The number of pyridine rings is 1. The number of fused-ring (bicyclic) bond motifs is 1. The minimum atomic E-state index is -0.308. The average Bonchev–Trinajstić information content (AvgIpc) is 2.69. The summed E-state index contributed by atoms with van der Waals surface area (Å²) in [4.78, 5) is 29.7. The van der Waals surface area contributed by atoms with Crippen LogP contribution < -0.4 is 10.1 Å². The molecule has 0 atom stereocenters. The van der Waals surface area contributed by atoms with Crippen molar-refractivity contribution in [3.8, 4) is 5.75 Å². The molecular weight excluding hydrogens is 378 g/mol. The number of carbonyl (C=O) groups excluding carboxylic acids is 2. The summed E-state index contributed by atoms with van der Waals surface area (Å²) >= 11 is 6.18. The van der Waals surface area contributed by atoms with Crippen LogP contribution in [0, 0.1) is 0 Å². The lowest BCUT2D eigenvalue weighted by Crippen LogP contribution is -2.25. The maximum Gasteiger partial charge on any atom is 0.262 e. The van der Waals surface area contributed by atoms with E-state index in [-0.39, 0.29) is 18.4 Å². The van der Waals surface area contributed by atoms with Crippen LogP contribution in [0.2, 0.25) is 5.02 Å². The topological polar surface area (TPSA) is 71.5 Å². The van der Waals surface area contributed by atoms with Crippen LogP contribution >= 0.6 is 11.6 Å². The third-order valence-corrected chi connectivity index (χ3v) is 4.60. The molecule has 3 rings (SSSR count). The van der Waals surface area contributed by atoms with Crippen molar-refractivity contribution < 1.29 is 14.3 Å². The predicted octanol–water partition coefficient (Wildman–Crippen LogP) is 3.88. The molecule has 0 saturated heterocycles. The fraction of sp³-hybridized carbons (Fsp3) is 0.190. The second-order valence-corrected chi connectivity index (χ2v) is 6.72. The van der Waals surface area contributed by atoms with E-state index >= 15 is 0 Å². The number of ether oxygens (including phenoxy) is 1. The Bertz CT molecular complexity index is 1020. The first-order valence-electron chi connectivity index (χ1n) is 8.71. The lowest BCUT2D eigenvalue weighted by Gasteiger charge is -2.18. The van der Waals surface area contributed by atoms with Gasteiger partial charge in [-0.05, 0) is 35.9 Å². The van der Waals surface area contributed by atoms with E-state index in [9.17, 15) is 9.59 Å². The number of halogens is 1. The van der Waals surface area contributed by atoms with E-state index in [1.54, 1.807) is 42.4 Å². The fourth-order valence-corrected chi connectivity index (χ4v) is 2.92. The number of aromatic nitrogens is 1. The highest BCUT2D eigenvalue weighted by Gasteiger charge is 2.12. The zero-order valence-electron chi connectivity index (χ0n) is 15.6. The summed E-state index contributed by atoms with van der Waals surface area (Å²) in [5, 5.41) is 4.17. The van der Waals surface area contributed by atoms with E-state index in [4.69, 9.17) is 16.3 Å². The molecule has 7 heteroatoms. The van der Waals surface area contributed by atoms with Crippen LogP contribution in [0.25, 0.3) is 10.9 Å². The molecule has 3 aromatic rings. The SMILES string of the molecule is CC(=O)N(C)Cc1ccccc1NC(=O)COc1ccc(Cl)c2cccnc12. The maximum atomic E-state index is 12.4. The van der Waals surface area contributed by atoms with Crippen molar-refractivity contribution in [2.24, 2.45) is 0 Å². The fourth-order valence-electron chi connectivity index (χ4n) is 2.70. The van der Waals surface area contributed by atoms with Crippen molar-refractivity contribution >= 4 is 40.0 Å². The van der Waals surface area contributed by atoms with Crippen LogP contribution in [0.1, 0.15) is 12.5 Å². The van der Waals surface area contributed by atoms with Gasteiger partial charge in [-0.2, -0.15) is 0 Å². The number of nitrogens with one attached hydrogen (secondary N) is 1. The van der Waals surface area contributed by atoms with Crippen LogP contribution in [-0.2, 0) is 16.1 Å². The molecule has 1 heterocycles. The Morgan fingerprint density at radius 3 is 2.71 bits per heavy atom. The third kappa shape index (κ3) is 4.58. The monoisotopic (exact) mass is 397 g/mol. The van der Waals surface area contributed by atoms with Gasteiger partial charge < -0.3 is 15.0 Å². The van der Waals surface area contributed by atoms with Gasteiger partial charge in [-0.3, -0.25) is 14.6 Å². The molecule has 0 spiro atoms. The maximum absolute atomic E-state index is 12.4. The summed E-state index contributed by atoms with van der Waals surface area (Å²) in [6.45, 7) is 1.72. The number of rotatable bonds is 6. The standard InChI is InChI=1S/C21H20ClN3O3/c1-14(26)25(2)12-15-6-3-4-8-18(15)24-20(27)13-28-19-10-9-17(22)16-7-5-11-23-21(16)19/h3-11H,12-13H2,1-2H3,(H,24,27). The number of carbonyl (C=O) groups is 2. The number of hydrogen-bond acceptors (Lipinski definition) is 4. The Labute approximate surface area is 168 Å². The molecule has 1 N–H and O–H groups in total. The number of anilines is 1. The van der Waals surface area contributed by atoms with E-state index < -0.39 is 0 Å². The van der Waals surface area contributed by atoms with Crippen LogP contribution in [-0.4, -0.2) is 35.4 Å². The molecule has 0 unspecified atom stereocenters. The smallest absolute Gasteiger partial charge is 0.262 e. The van der Waals surface area contributed by atoms with Crippen molar-refractivity contribution in [3.63, 3.8) is 0 Å². The van der Waals surface area contributed by atoms with Gasteiger partial charge in [0.1, 0.15) is 11.3 Å². The molecule has 0 bridgehead atoms. The van der Waals surface area contributed by atoms with Crippen LogP contribution in [0.5, 0.6) is 5.75 Å². The van der Waals surface area contributed by atoms with Crippen molar-refractivity contribution in [1.82, 2.24) is 9.88 Å². The highest BCUT2D eigenvalue weighted by Crippen LogP contribution is 2.29. The van der Waals surface area contributed by atoms with Gasteiger partial charge in [0.2, 0.25) is 5.91 Å². The first kappa shape index (κ1) is 19.6. The molecular formula is C21H20ClN3O3. The molecule has 0 aliphatic heterocycles. The van der Waals surface area contributed by atoms with E-state index in [1.807, 2.05) is 24.3 Å². The lowest BCUT2D eigenvalue weighted by molar-refractivity contribution is -0.128. The van der Waals surface area contributed by atoms with E-state index in [1.165, 1.54) is 6.92 Å². The van der Waals surface area contributed by atoms with Crippen LogP contribution in [0.15, 0.2) is 54.7 Å². The molecule has 0 aliphatic carbocycles. The van der Waals surface area contributed by atoms with Crippen molar-refractivity contribution in [1.29, 1.82) is 0 Å². The lowest BCUT2D eigenvalue weighted by atomic mass is 10.1. The molecule has 0 saturated carbocycles. The normalized spacial score (nSPS) is 10.5. The summed E-state index contributed by atoms with van der Waals surface area (Å²) in [5.74, 6) is 0.128. The van der Waals surface area contributed by atoms with E-state index in [0.717, 1.165) is 10.9 Å². The van der Waals surface area contributed by atoms with Crippen LogP contribution in [0.4, 0.5) is 5.69 Å². The van der Waals surface area contributed by atoms with Gasteiger partial charge in [0.25, 0.3) is 5.91 Å². The van der Waals surface area contributed by atoms with Gasteiger partial charge in [-0.25, -0.2) is 0 Å². The minimum Gasteiger partial charge on any atom is -0.481 e. The Kier molecular flexibility index (Phi) is 6.11. The largest absolute Gasteiger partial charge is 0.481 e. The highest BCUT2D eigenvalue weighted by atomic mass is 35.5. The number of benzene rings is 2. The van der Waals surface area contributed by atoms with Gasteiger partial charge in [0.15, 0.2) is 6.61 Å². The second kappa shape index (κ2) is 8.71. The predicted molar refractivity (Wildman–Crippen MR) is 109 cm³/mol. The molecule has 2 aromatic carbocycles. The molecule has 0 aliphatic rings. The minimum absolute atomic E-state index is 0.0495.